The second-order valence-corrected chi connectivity index (χ2v) is 8.81. The van der Waals surface area contributed by atoms with Gasteiger partial charge in [-0.15, -0.1) is 11.3 Å². The Morgan fingerprint density at radius 2 is 1.97 bits per heavy atom. The average Bonchev–Trinajstić information content (AvgIpc) is 3.27. The molecule has 3 rings (SSSR count). The SMILES string of the molecule is CCCCc1cnc(C(=O)NCCCCN2CCN(c3ccccc3OC)CC2)s1. The number of aromatic nitrogens is 1. The molecule has 2 aromatic rings. The Kier molecular flexibility index (Phi) is 8.96. The van der Waals surface area contributed by atoms with Crippen LogP contribution in [0.15, 0.2) is 30.5 Å². The van der Waals surface area contributed by atoms with Crippen molar-refractivity contribution in [3.63, 3.8) is 0 Å². The Hall–Kier alpha value is -2.12. The highest BCUT2D eigenvalue weighted by atomic mass is 32.1. The van der Waals surface area contributed by atoms with Crippen molar-refractivity contribution >= 4 is 22.9 Å². The number of aryl methyl sites for hydroxylation is 1. The maximum Gasteiger partial charge on any atom is 0.280 e. The second kappa shape index (κ2) is 11.9. The fraction of sp³-hybridized carbons (Fsp3) is 0.565. The highest BCUT2D eigenvalue weighted by Crippen LogP contribution is 2.28. The van der Waals surface area contributed by atoms with Crippen LogP contribution in [-0.2, 0) is 6.42 Å². The summed E-state index contributed by atoms with van der Waals surface area (Å²) in [6.07, 6.45) is 7.26. The molecule has 1 aromatic carbocycles. The van der Waals surface area contributed by atoms with Gasteiger partial charge in [-0.1, -0.05) is 25.5 Å². The Balaban J connectivity index is 1.30. The van der Waals surface area contributed by atoms with E-state index >= 15 is 0 Å². The first kappa shape index (κ1) is 22.6. The molecule has 0 aliphatic carbocycles. The summed E-state index contributed by atoms with van der Waals surface area (Å²) in [5, 5.41) is 3.61. The van der Waals surface area contributed by atoms with Crippen molar-refractivity contribution in [3.8, 4) is 5.75 Å². The van der Waals surface area contributed by atoms with Gasteiger partial charge in [0.25, 0.3) is 5.91 Å². The molecule has 1 amide bonds. The molecule has 1 saturated heterocycles. The molecule has 0 bridgehead atoms. The Morgan fingerprint density at radius 3 is 2.73 bits per heavy atom. The average molecular weight is 431 g/mol. The molecular weight excluding hydrogens is 396 g/mol. The van der Waals surface area contributed by atoms with Crippen LogP contribution in [0.25, 0.3) is 0 Å². The molecule has 1 aliphatic rings. The minimum atomic E-state index is -0.0341. The molecule has 0 radical (unpaired) electrons. The van der Waals surface area contributed by atoms with Gasteiger partial charge in [0.05, 0.1) is 12.8 Å². The smallest absolute Gasteiger partial charge is 0.280 e. The lowest BCUT2D eigenvalue weighted by atomic mass is 10.2. The number of carbonyl (C=O) groups is 1. The summed E-state index contributed by atoms with van der Waals surface area (Å²) in [5.41, 5.74) is 1.18. The zero-order valence-corrected chi connectivity index (χ0v) is 19.0. The van der Waals surface area contributed by atoms with Crippen LogP contribution in [0, 0.1) is 0 Å². The fourth-order valence-corrected chi connectivity index (χ4v) is 4.59. The van der Waals surface area contributed by atoms with Crippen LogP contribution in [0.1, 0.15) is 47.3 Å². The molecule has 164 valence electrons. The lowest BCUT2D eigenvalue weighted by Gasteiger charge is -2.36. The van der Waals surface area contributed by atoms with E-state index in [1.807, 2.05) is 18.3 Å². The number of unbranched alkanes of at least 4 members (excludes halogenated alkanes) is 2. The number of benzene rings is 1. The third-order valence-electron chi connectivity index (χ3n) is 5.51. The van der Waals surface area contributed by atoms with Gasteiger partial charge in [-0.2, -0.15) is 0 Å². The van der Waals surface area contributed by atoms with E-state index in [1.54, 1.807) is 7.11 Å². The molecule has 7 heteroatoms. The minimum Gasteiger partial charge on any atom is -0.495 e. The maximum atomic E-state index is 12.2. The summed E-state index contributed by atoms with van der Waals surface area (Å²) in [5.74, 6) is 0.910. The molecule has 1 fully saturated rings. The third-order valence-corrected chi connectivity index (χ3v) is 6.57. The molecule has 6 nitrogen and oxygen atoms in total. The van der Waals surface area contributed by atoms with E-state index in [1.165, 1.54) is 21.9 Å². The van der Waals surface area contributed by atoms with E-state index in [4.69, 9.17) is 4.74 Å². The summed E-state index contributed by atoms with van der Waals surface area (Å²) >= 11 is 1.52. The molecule has 0 spiro atoms. The van der Waals surface area contributed by atoms with Crippen LogP contribution in [0.5, 0.6) is 5.75 Å². The number of thiazole rings is 1. The molecule has 1 N–H and O–H groups in total. The molecule has 0 saturated carbocycles. The number of nitrogens with zero attached hydrogens (tertiary/aromatic N) is 3. The van der Waals surface area contributed by atoms with Crippen LogP contribution < -0.4 is 15.0 Å². The minimum absolute atomic E-state index is 0.0341. The van der Waals surface area contributed by atoms with Crippen molar-refractivity contribution in [2.24, 2.45) is 0 Å². The van der Waals surface area contributed by atoms with Crippen molar-refractivity contribution < 1.29 is 9.53 Å². The first-order chi connectivity index (χ1) is 14.7. The van der Waals surface area contributed by atoms with E-state index in [0.29, 0.717) is 11.6 Å². The van der Waals surface area contributed by atoms with Crippen LogP contribution >= 0.6 is 11.3 Å². The van der Waals surface area contributed by atoms with Gasteiger partial charge in [0.1, 0.15) is 5.75 Å². The Bertz CT molecular complexity index is 787. The first-order valence-corrected chi connectivity index (χ1v) is 11.9. The lowest BCUT2D eigenvalue weighted by molar-refractivity contribution is 0.0952. The van der Waals surface area contributed by atoms with Gasteiger partial charge in [0.2, 0.25) is 0 Å². The van der Waals surface area contributed by atoms with E-state index in [-0.39, 0.29) is 5.91 Å². The van der Waals surface area contributed by atoms with Crippen molar-refractivity contribution in [3.05, 3.63) is 40.3 Å². The number of amides is 1. The number of hydrogen-bond acceptors (Lipinski definition) is 6. The Labute approximate surface area is 184 Å². The third kappa shape index (κ3) is 6.44. The zero-order valence-electron chi connectivity index (χ0n) is 18.2. The number of piperazine rings is 1. The second-order valence-electron chi connectivity index (χ2n) is 7.70. The predicted octanol–water partition coefficient (Wildman–Crippen LogP) is 3.83. The maximum absolute atomic E-state index is 12.2. The van der Waals surface area contributed by atoms with Crippen molar-refractivity contribution in [2.45, 2.75) is 39.0 Å². The number of nitrogens with one attached hydrogen (secondary N) is 1. The van der Waals surface area contributed by atoms with Crippen molar-refractivity contribution in [1.29, 1.82) is 0 Å². The van der Waals surface area contributed by atoms with Gasteiger partial charge in [-0.3, -0.25) is 9.69 Å². The predicted molar refractivity (Wildman–Crippen MR) is 124 cm³/mol. The van der Waals surface area contributed by atoms with Gasteiger partial charge < -0.3 is 15.0 Å². The quantitative estimate of drug-likeness (QED) is 0.549. The van der Waals surface area contributed by atoms with Gasteiger partial charge in [0, 0.05) is 43.8 Å². The van der Waals surface area contributed by atoms with Gasteiger partial charge in [-0.05, 0) is 44.4 Å². The van der Waals surface area contributed by atoms with E-state index in [9.17, 15) is 4.79 Å². The number of para-hydroxylation sites is 2. The molecule has 1 aliphatic heterocycles. The number of anilines is 1. The van der Waals surface area contributed by atoms with E-state index in [2.05, 4.69) is 39.2 Å². The first-order valence-electron chi connectivity index (χ1n) is 11.0. The largest absolute Gasteiger partial charge is 0.495 e. The number of hydrogen-bond donors (Lipinski definition) is 1. The highest BCUT2D eigenvalue weighted by molar-refractivity contribution is 7.13. The van der Waals surface area contributed by atoms with Crippen LogP contribution in [-0.4, -0.2) is 62.2 Å². The summed E-state index contributed by atoms with van der Waals surface area (Å²) in [7, 11) is 1.73. The topological polar surface area (TPSA) is 57.7 Å². The summed E-state index contributed by atoms with van der Waals surface area (Å²) < 4.78 is 5.49. The monoisotopic (exact) mass is 430 g/mol. The summed E-state index contributed by atoms with van der Waals surface area (Å²) in [6.45, 7) is 8.12. The van der Waals surface area contributed by atoms with Crippen LogP contribution in [0.2, 0.25) is 0 Å². The molecule has 30 heavy (non-hydrogen) atoms. The van der Waals surface area contributed by atoms with Crippen molar-refractivity contribution in [2.75, 3.05) is 51.3 Å². The molecular formula is C23H34N4O2S. The Morgan fingerprint density at radius 1 is 1.17 bits per heavy atom. The van der Waals surface area contributed by atoms with Gasteiger partial charge in [0.15, 0.2) is 5.01 Å². The van der Waals surface area contributed by atoms with Crippen LogP contribution in [0.4, 0.5) is 5.69 Å². The molecule has 2 heterocycles. The van der Waals surface area contributed by atoms with E-state index in [0.717, 1.165) is 70.6 Å². The molecule has 0 unspecified atom stereocenters. The summed E-state index contributed by atoms with van der Waals surface area (Å²) in [4.78, 5) is 22.6. The normalized spacial score (nSPS) is 14.7. The summed E-state index contributed by atoms with van der Waals surface area (Å²) in [6, 6.07) is 8.23. The number of carbonyl (C=O) groups excluding carboxylic acids is 1. The molecule has 0 atom stereocenters. The lowest BCUT2D eigenvalue weighted by Crippen LogP contribution is -2.46. The number of ether oxygens (including phenoxy) is 1. The zero-order chi connectivity index (χ0) is 21.2. The number of methoxy groups -OCH3 is 1. The van der Waals surface area contributed by atoms with Crippen LogP contribution in [0.3, 0.4) is 0 Å². The molecule has 1 aromatic heterocycles. The van der Waals surface area contributed by atoms with E-state index < -0.39 is 0 Å². The van der Waals surface area contributed by atoms with Gasteiger partial charge in [-0.25, -0.2) is 4.98 Å². The highest BCUT2D eigenvalue weighted by Gasteiger charge is 2.19. The van der Waals surface area contributed by atoms with Crippen molar-refractivity contribution in [1.82, 2.24) is 15.2 Å². The fourth-order valence-electron chi connectivity index (χ4n) is 3.72. The number of rotatable bonds is 11. The standard InChI is InChI=1S/C23H34N4O2S/c1-3-4-9-19-18-25-23(30-19)22(28)24-12-7-8-13-26-14-16-27(17-15-26)20-10-5-6-11-21(20)29-2/h5-6,10-11,18H,3-4,7-9,12-17H2,1-2H3,(H,24,28). The van der Waals surface area contributed by atoms with Gasteiger partial charge >= 0.3 is 0 Å².